The average molecular weight is 581 g/mol. The van der Waals surface area contributed by atoms with E-state index >= 15 is 0 Å². The first-order valence-corrected chi connectivity index (χ1v) is 14.7. The van der Waals surface area contributed by atoms with E-state index in [-0.39, 0.29) is 21.5 Å². The summed E-state index contributed by atoms with van der Waals surface area (Å²) in [6.45, 7) is 4.77. The van der Waals surface area contributed by atoms with Gasteiger partial charge in [-0.05, 0) is 61.6 Å². The molecule has 41 heavy (non-hydrogen) atoms. The monoisotopic (exact) mass is 580 g/mol. The third-order valence-electron chi connectivity index (χ3n) is 7.32. The predicted octanol–water partition coefficient (Wildman–Crippen LogP) is 3.62. The summed E-state index contributed by atoms with van der Waals surface area (Å²) < 4.78 is 45.4. The minimum Gasteiger partial charge on any atom is -0.383 e. The Bertz CT molecular complexity index is 1670. The molecule has 12 heteroatoms. The topological polar surface area (TPSA) is 111 Å². The van der Waals surface area contributed by atoms with Crippen molar-refractivity contribution in [3.8, 4) is 0 Å². The average Bonchev–Trinajstić information content (AvgIpc) is 3.37. The second-order valence-corrected chi connectivity index (χ2v) is 12.1. The summed E-state index contributed by atoms with van der Waals surface area (Å²) in [5, 5.41) is 10.3. The summed E-state index contributed by atoms with van der Waals surface area (Å²) in [5.41, 5.74) is 2.76. The molecule has 0 radical (unpaired) electrons. The van der Waals surface area contributed by atoms with E-state index in [0.717, 1.165) is 43.6 Å². The van der Waals surface area contributed by atoms with Gasteiger partial charge in [0.15, 0.2) is 5.82 Å². The molecule has 1 fully saturated rings. The first kappa shape index (κ1) is 28.5. The molecule has 1 aromatic heterocycles. The fraction of sp³-hybridized carbons (Fsp3) is 0.310. The summed E-state index contributed by atoms with van der Waals surface area (Å²) in [6.07, 6.45) is 0. The number of likely N-dealkylation sites (N-methyl/N-ethyl adjacent to an activating group) is 2. The number of hydrogen-bond acceptors (Lipinski definition) is 8. The standard InChI is InChI=1S/C29H33FN6O4S/c1-34-11-13-36(14-12-34)21-7-9-24(27(18-21)35(2)15-16-40-3)29(37)31-28-25-19-23(8-10-26(25)32-33-28)41(38,39)22-6-4-5-20(30)17-22/h4-10,17-19H,11-16H2,1-3H3,(H2,31,32,33,37). The highest BCUT2D eigenvalue weighted by Crippen LogP contribution is 2.31. The van der Waals surface area contributed by atoms with E-state index in [1.807, 2.05) is 24.1 Å². The lowest BCUT2D eigenvalue weighted by atomic mass is 10.1. The van der Waals surface area contributed by atoms with Crippen molar-refractivity contribution >= 4 is 43.8 Å². The number of piperazine rings is 1. The first-order valence-electron chi connectivity index (χ1n) is 13.2. The lowest BCUT2D eigenvalue weighted by molar-refractivity contribution is 0.102. The molecule has 0 bridgehead atoms. The van der Waals surface area contributed by atoms with Crippen LogP contribution in [0.15, 0.2) is 70.5 Å². The third kappa shape index (κ3) is 6.04. The lowest BCUT2D eigenvalue weighted by Gasteiger charge is -2.35. The summed E-state index contributed by atoms with van der Waals surface area (Å²) in [4.78, 5) is 20.0. The Morgan fingerprint density at radius 2 is 1.83 bits per heavy atom. The zero-order valence-electron chi connectivity index (χ0n) is 23.2. The molecule has 1 aliphatic heterocycles. The van der Waals surface area contributed by atoms with Gasteiger partial charge in [-0.25, -0.2) is 12.8 Å². The Labute approximate surface area is 238 Å². The van der Waals surface area contributed by atoms with Crippen LogP contribution in [0.2, 0.25) is 0 Å². The van der Waals surface area contributed by atoms with E-state index in [2.05, 4.69) is 32.4 Å². The minimum absolute atomic E-state index is 0.0379. The van der Waals surface area contributed by atoms with Crippen molar-refractivity contribution in [1.29, 1.82) is 0 Å². The second kappa shape index (κ2) is 11.9. The van der Waals surface area contributed by atoms with E-state index in [9.17, 15) is 17.6 Å². The maximum atomic E-state index is 13.7. The van der Waals surface area contributed by atoms with Gasteiger partial charge in [-0.1, -0.05) is 6.07 Å². The molecule has 10 nitrogen and oxygen atoms in total. The molecule has 3 aromatic carbocycles. The molecule has 0 atom stereocenters. The van der Waals surface area contributed by atoms with Crippen LogP contribution in [0.4, 0.5) is 21.6 Å². The van der Waals surface area contributed by atoms with Crippen LogP contribution >= 0.6 is 0 Å². The maximum absolute atomic E-state index is 13.7. The van der Waals surface area contributed by atoms with Gasteiger partial charge >= 0.3 is 0 Å². The predicted molar refractivity (Wildman–Crippen MR) is 157 cm³/mol. The number of rotatable bonds is 9. The molecule has 0 saturated carbocycles. The molecule has 5 rings (SSSR count). The number of carbonyl (C=O) groups is 1. The van der Waals surface area contributed by atoms with Gasteiger partial charge < -0.3 is 24.8 Å². The number of nitrogens with zero attached hydrogens (tertiary/aromatic N) is 4. The molecule has 0 aliphatic carbocycles. The number of fused-ring (bicyclic) bond motifs is 1. The van der Waals surface area contributed by atoms with Crippen LogP contribution < -0.4 is 15.1 Å². The molecule has 0 spiro atoms. The number of ether oxygens (including phenoxy) is 1. The summed E-state index contributed by atoms with van der Waals surface area (Å²) in [7, 11) is 1.65. The van der Waals surface area contributed by atoms with Crippen LogP contribution in [0, 0.1) is 5.82 Å². The van der Waals surface area contributed by atoms with Gasteiger partial charge in [0.1, 0.15) is 5.82 Å². The number of methoxy groups -OCH3 is 1. The van der Waals surface area contributed by atoms with Gasteiger partial charge in [-0.15, -0.1) is 0 Å². The highest BCUT2D eigenvalue weighted by Gasteiger charge is 2.23. The normalized spacial score (nSPS) is 14.4. The SMILES string of the molecule is COCCN(C)c1cc(N2CCN(C)CC2)ccc1C(=O)Nc1n[nH]c2ccc(S(=O)(=O)c3cccc(F)c3)cc12. The number of anilines is 3. The van der Waals surface area contributed by atoms with Gasteiger partial charge in [0, 0.05) is 58.0 Å². The summed E-state index contributed by atoms with van der Waals surface area (Å²) in [5.74, 6) is -0.843. The number of H-pyrrole nitrogens is 1. The molecule has 0 unspecified atom stereocenters. The molecule has 2 N–H and O–H groups in total. The highest BCUT2D eigenvalue weighted by molar-refractivity contribution is 7.91. The number of hydrogen-bond donors (Lipinski definition) is 2. The summed E-state index contributed by atoms with van der Waals surface area (Å²) >= 11 is 0. The van der Waals surface area contributed by atoms with Gasteiger partial charge in [0.25, 0.3) is 5.91 Å². The highest BCUT2D eigenvalue weighted by atomic mass is 32.2. The van der Waals surface area contributed by atoms with E-state index in [4.69, 9.17) is 4.74 Å². The van der Waals surface area contributed by atoms with Crippen molar-refractivity contribution in [2.45, 2.75) is 9.79 Å². The molecule has 1 saturated heterocycles. The minimum atomic E-state index is -3.99. The first-order chi connectivity index (χ1) is 19.7. The van der Waals surface area contributed by atoms with Gasteiger partial charge in [-0.2, -0.15) is 5.10 Å². The van der Waals surface area contributed by atoms with Crippen molar-refractivity contribution in [3.63, 3.8) is 0 Å². The van der Waals surface area contributed by atoms with Gasteiger partial charge in [0.2, 0.25) is 9.84 Å². The van der Waals surface area contributed by atoms with Crippen LogP contribution in [-0.4, -0.2) is 90.0 Å². The largest absolute Gasteiger partial charge is 0.383 e. The van der Waals surface area contributed by atoms with Crippen LogP contribution in [0.3, 0.4) is 0 Å². The van der Waals surface area contributed by atoms with E-state index < -0.39 is 15.7 Å². The zero-order valence-corrected chi connectivity index (χ0v) is 24.0. The zero-order chi connectivity index (χ0) is 29.1. The Hall–Kier alpha value is -4.00. The number of nitrogens with one attached hydrogen (secondary N) is 2. The van der Waals surface area contributed by atoms with Crippen molar-refractivity contribution < 1.29 is 22.3 Å². The molecule has 2 heterocycles. The van der Waals surface area contributed by atoms with Crippen molar-refractivity contribution in [2.75, 3.05) is 75.7 Å². The van der Waals surface area contributed by atoms with Gasteiger partial charge in [0.05, 0.1) is 33.2 Å². The number of aromatic nitrogens is 2. The van der Waals surface area contributed by atoms with Crippen molar-refractivity contribution in [1.82, 2.24) is 15.1 Å². The van der Waals surface area contributed by atoms with Crippen LogP contribution in [-0.2, 0) is 14.6 Å². The van der Waals surface area contributed by atoms with Crippen LogP contribution in [0.5, 0.6) is 0 Å². The maximum Gasteiger partial charge on any atom is 0.258 e. The molecule has 4 aromatic rings. The summed E-state index contributed by atoms with van der Waals surface area (Å²) in [6, 6.07) is 15.0. The number of benzene rings is 3. The number of sulfone groups is 1. The fourth-order valence-corrected chi connectivity index (χ4v) is 6.16. The smallest absolute Gasteiger partial charge is 0.258 e. The van der Waals surface area contributed by atoms with E-state index in [1.54, 1.807) is 19.2 Å². The van der Waals surface area contributed by atoms with Gasteiger partial charge in [-0.3, -0.25) is 9.89 Å². The quantitative estimate of drug-likeness (QED) is 0.309. The number of halogens is 1. The van der Waals surface area contributed by atoms with Crippen molar-refractivity contribution in [2.24, 2.45) is 0 Å². The van der Waals surface area contributed by atoms with Crippen LogP contribution in [0.1, 0.15) is 10.4 Å². The third-order valence-corrected chi connectivity index (χ3v) is 9.07. The number of aromatic amines is 1. The van der Waals surface area contributed by atoms with Crippen molar-refractivity contribution in [3.05, 3.63) is 72.0 Å². The second-order valence-electron chi connectivity index (χ2n) is 10.1. The molecule has 1 amide bonds. The lowest BCUT2D eigenvalue weighted by Crippen LogP contribution is -2.44. The Kier molecular flexibility index (Phi) is 8.25. The number of amides is 1. The number of carbonyl (C=O) groups excluding carboxylic acids is 1. The fourth-order valence-electron chi connectivity index (χ4n) is 4.84. The Morgan fingerprint density at radius 1 is 1.07 bits per heavy atom. The molecule has 1 aliphatic rings. The molecular formula is C29H33FN6O4S. The van der Waals surface area contributed by atoms with Crippen LogP contribution in [0.25, 0.3) is 10.9 Å². The van der Waals surface area contributed by atoms with E-state index in [1.165, 1.54) is 30.3 Å². The molecular weight excluding hydrogens is 547 g/mol. The van der Waals surface area contributed by atoms with E-state index in [0.29, 0.717) is 29.6 Å². The Balaban J connectivity index is 1.46. The Morgan fingerprint density at radius 3 is 2.56 bits per heavy atom. The molecule has 216 valence electrons.